The molecule has 0 spiro atoms. The fourth-order valence-corrected chi connectivity index (χ4v) is 4.31. The third kappa shape index (κ3) is 1.60. The lowest BCUT2D eigenvalue weighted by molar-refractivity contribution is 0.227. The molecular weight excluding hydrogens is 289 g/mol. The highest BCUT2D eigenvalue weighted by atomic mass is 35.5. The Hall–Kier alpha value is -0.790. The van der Waals surface area contributed by atoms with Crippen molar-refractivity contribution in [2.45, 2.75) is 44.9 Å². The van der Waals surface area contributed by atoms with Gasteiger partial charge in [0.15, 0.2) is 0 Å². The molecule has 4 rings (SSSR count). The average Bonchev–Trinajstić information content (AvgIpc) is 2.68. The number of aromatic nitrogens is 1. The number of benzene rings is 1. The van der Waals surface area contributed by atoms with E-state index in [9.17, 15) is 0 Å². The fourth-order valence-electron chi connectivity index (χ4n) is 4.31. The van der Waals surface area contributed by atoms with Crippen LogP contribution in [0.25, 0.3) is 10.9 Å². The second-order valence-electron chi connectivity index (χ2n) is 6.76. The minimum absolute atomic E-state index is 0. The van der Waals surface area contributed by atoms with E-state index in [4.69, 9.17) is 4.98 Å². The van der Waals surface area contributed by atoms with Gasteiger partial charge in [-0.25, -0.2) is 0 Å². The zero-order valence-corrected chi connectivity index (χ0v) is 13.8. The summed E-state index contributed by atoms with van der Waals surface area (Å²) in [5.41, 5.74) is 4.69. The second-order valence-corrected chi connectivity index (χ2v) is 6.76. The molecule has 2 aliphatic carbocycles. The zero-order valence-electron chi connectivity index (χ0n) is 12.1. The molecule has 2 bridgehead atoms. The summed E-state index contributed by atoms with van der Waals surface area (Å²) in [6.45, 7) is 7.27. The first-order valence-corrected chi connectivity index (χ1v) is 6.94. The van der Waals surface area contributed by atoms with Gasteiger partial charge in [0.25, 0.3) is 0 Å². The quantitative estimate of drug-likeness (QED) is 0.647. The van der Waals surface area contributed by atoms with Crippen molar-refractivity contribution < 1.29 is 0 Å². The van der Waals surface area contributed by atoms with Crippen molar-refractivity contribution in [1.29, 1.82) is 0 Å². The second kappa shape index (κ2) is 4.61. The van der Waals surface area contributed by atoms with E-state index in [1.807, 2.05) is 0 Å². The third-order valence-electron chi connectivity index (χ3n) is 5.88. The average molecular weight is 310 g/mol. The van der Waals surface area contributed by atoms with E-state index >= 15 is 0 Å². The summed E-state index contributed by atoms with van der Waals surface area (Å²) >= 11 is 0. The molecule has 20 heavy (non-hydrogen) atoms. The van der Waals surface area contributed by atoms with E-state index < -0.39 is 0 Å². The van der Waals surface area contributed by atoms with Gasteiger partial charge < -0.3 is 0 Å². The Morgan fingerprint density at radius 3 is 2.55 bits per heavy atom. The topological polar surface area (TPSA) is 12.9 Å². The highest BCUT2D eigenvalue weighted by Crippen LogP contribution is 2.67. The predicted molar refractivity (Wildman–Crippen MR) is 89.3 cm³/mol. The number of hydrogen-bond acceptors (Lipinski definition) is 1. The lowest BCUT2D eigenvalue weighted by Gasteiger charge is -2.34. The lowest BCUT2D eigenvalue weighted by atomic mass is 9.70. The first-order chi connectivity index (χ1) is 8.54. The normalized spacial score (nSPS) is 28.6. The van der Waals surface area contributed by atoms with E-state index in [1.165, 1.54) is 29.5 Å². The maximum Gasteiger partial charge on any atom is 0.0705 e. The van der Waals surface area contributed by atoms with Crippen LogP contribution in [0.5, 0.6) is 0 Å². The SMILES string of the molecule is CC12CCC(c3cc4ccccc4nc31)C2(C)C.Cl.Cl. The highest BCUT2D eigenvalue weighted by molar-refractivity contribution is 5.85. The molecule has 1 heterocycles. The number of fused-ring (bicyclic) bond motifs is 6. The van der Waals surface area contributed by atoms with Gasteiger partial charge in [-0.1, -0.05) is 39.0 Å². The molecule has 0 N–H and O–H groups in total. The van der Waals surface area contributed by atoms with Gasteiger partial charge in [0.1, 0.15) is 0 Å². The molecule has 0 saturated heterocycles. The Morgan fingerprint density at radius 2 is 1.80 bits per heavy atom. The smallest absolute Gasteiger partial charge is 0.0705 e. The van der Waals surface area contributed by atoms with Crippen LogP contribution in [0.2, 0.25) is 0 Å². The van der Waals surface area contributed by atoms with Crippen molar-refractivity contribution >= 4 is 35.7 Å². The van der Waals surface area contributed by atoms with Crippen molar-refractivity contribution in [1.82, 2.24) is 4.98 Å². The van der Waals surface area contributed by atoms with Crippen molar-refractivity contribution in [3.8, 4) is 0 Å². The van der Waals surface area contributed by atoms with Gasteiger partial charge in [0.2, 0.25) is 0 Å². The molecule has 1 fully saturated rings. The summed E-state index contributed by atoms with van der Waals surface area (Å²) in [6, 6.07) is 10.9. The lowest BCUT2D eigenvalue weighted by Crippen LogP contribution is -2.31. The maximum absolute atomic E-state index is 5.01. The summed E-state index contributed by atoms with van der Waals surface area (Å²) < 4.78 is 0. The van der Waals surface area contributed by atoms with Crippen LogP contribution in [0, 0.1) is 5.41 Å². The minimum atomic E-state index is 0. The Balaban J connectivity index is 0.000000735. The van der Waals surface area contributed by atoms with Gasteiger partial charge >= 0.3 is 0 Å². The van der Waals surface area contributed by atoms with E-state index in [2.05, 4.69) is 51.1 Å². The molecule has 0 radical (unpaired) electrons. The summed E-state index contributed by atoms with van der Waals surface area (Å²) in [5, 5.41) is 1.29. The number of para-hydroxylation sites is 1. The van der Waals surface area contributed by atoms with Crippen LogP contribution in [0.3, 0.4) is 0 Å². The summed E-state index contributed by atoms with van der Waals surface area (Å²) in [7, 11) is 0. The van der Waals surface area contributed by atoms with E-state index in [0.29, 0.717) is 11.3 Å². The predicted octanol–water partition coefficient (Wildman–Crippen LogP) is 5.25. The molecule has 1 aromatic heterocycles. The van der Waals surface area contributed by atoms with Crippen LogP contribution in [-0.2, 0) is 5.41 Å². The molecule has 0 amide bonds. The van der Waals surface area contributed by atoms with Crippen LogP contribution in [0.4, 0.5) is 0 Å². The van der Waals surface area contributed by atoms with Crippen molar-refractivity contribution in [2.24, 2.45) is 5.41 Å². The number of hydrogen-bond donors (Lipinski definition) is 0. The van der Waals surface area contributed by atoms with Crippen molar-refractivity contribution in [3.63, 3.8) is 0 Å². The Labute approximate surface area is 133 Å². The highest BCUT2D eigenvalue weighted by Gasteiger charge is 2.60. The molecule has 108 valence electrons. The van der Waals surface area contributed by atoms with Gasteiger partial charge in [-0.15, -0.1) is 24.8 Å². The number of nitrogens with zero attached hydrogens (tertiary/aromatic N) is 1. The number of halogens is 2. The molecule has 1 nitrogen and oxygen atoms in total. The first kappa shape index (κ1) is 15.6. The first-order valence-electron chi connectivity index (χ1n) is 6.94. The molecule has 2 aliphatic rings. The largest absolute Gasteiger partial charge is 0.252 e. The zero-order chi connectivity index (χ0) is 12.5. The van der Waals surface area contributed by atoms with Crippen molar-refractivity contribution in [3.05, 3.63) is 41.6 Å². The van der Waals surface area contributed by atoms with E-state index in [0.717, 1.165) is 5.52 Å². The van der Waals surface area contributed by atoms with Gasteiger partial charge in [-0.2, -0.15) is 0 Å². The molecule has 2 unspecified atom stereocenters. The van der Waals surface area contributed by atoms with E-state index in [1.54, 1.807) is 0 Å². The third-order valence-corrected chi connectivity index (χ3v) is 5.88. The van der Waals surface area contributed by atoms with Crippen LogP contribution in [-0.4, -0.2) is 4.98 Å². The van der Waals surface area contributed by atoms with E-state index in [-0.39, 0.29) is 30.2 Å². The molecule has 0 aliphatic heterocycles. The number of pyridine rings is 1. The van der Waals surface area contributed by atoms with Gasteiger partial charge in [0, 0.05) is 10.8 Å². The summed E-state index contributed by atoms with van der Waals surface area (Å²) in [6.07, 6.45) is 2.62. The number of rotatable bonds is 0. The van der Waals surface area contributed by atoms with Crippen LogP contribution < -0.4 is 0 Å². The molecule has 3 heteroatoms. The maximum atomic E-state index is 5.01. The molecule has 1 aromatic carbocycles. The Bertz CT molecular complexity index is 665. The molecular formula is C17H21Cl2N. The molecule has 2 aromatic rings. The molecule has 1 saturated carbocycles. The molecule has 2 atom stereocenters. The van der Waals surface area contributed by atoms with Crippen LogP contribution >= 0.6 is 24.8 Å². The fraction of sp³-hybridized carbons (Fsp3) is 0.471. The Kier molecular flexibility index (Phi) is 3.59. The van der Waals surface area contributed by atoms with Gasteiger partial charge in [0.05, 0.1) is 11.2 Å². The van der Waals surface area contributed by atoms with Crippen LogP contribution in [0.15, 0.2) is 30.3 Å². The summed E-state index contributed by atoms with van der Waals surface area (Å²) in [5.74, 6) is 0.703. The Morgan fingerprint density at radius 1 is 1.10 bits per heavy atom. The minimum Gasteiger partial charge on any atom is -0.252 e. The standard InChI is InChI=1S/C17H19N.2ClH/c1-16(2)13-8-9-17(16,3)15-12(13)10-11-6-4-5-7-14(11)18-15;;/h4-7,10,13H,8-9H2,1-3H3;2*1H. The van der Waals surface area contributed by atoms with Crippen LogP contribution in [0.1, 0.15) is 50.8 Å². The van der Waals surface area contributed by atoms with Crippen molar-refractivity contribution in [2.75, 3.05) is 0 Å². The summed E-state index contributed by atoms with van der Waals surface area (Å²) in [4.78, 5) is 5.01. The van der Waals surface area contributed by atoms with Gasteiger partial charge in [-0.3, -0.25) is 4.98 Å². The van der Waals surface area contributed by atoms with Gasteiger partial charge in [-0.05, 0) is 41.9 Å². The monoisotopic (exact) mass is 309 g/mol.